The second-order valence-electron chi connectivity index (χ2n) is 3.97. The highest BCUT2D eigenvalue weighted by Crippen LogP contribution is 2.15. The summed E-state index contributed by atoms with van der Waals surface area (Å²) >= 11 is 4.71. The molecule has 0 radical (unpaired) electrons. The summed E-state index contributed by atoms with van der Waals surface area (Å²) in [6, 6.07) is 10.8. The van der Waals surface area contributed by atoms with Gasteiger partial charge in [0, 0.05) is 17.6 Å². The number of carbonyl (C=O) groups excluding carboxylic acids is 2. The van der Waals surface area contributed by atoms with E-state index < -0.39 is 0 Å². The fourth-order valence-electron chi connectivity index (χ4n) is 1.59. The molecular weight excluding hydrogens is 340 g/mol. The van der Waals surface area contributed by atoms with Crippen LogP contribution in [0.15, 0.2) is 46.3 Å². The second kappa shape index (κ2) is 7.21. The molecule has 104 valence electrons. The van der Waals surface area contributed by atoms with Crippen molar-refractivity contribution >= 4 is 39.1 Å². The number of amides is 2. The van der Waals surface area contributed by atoms with Gasteiger partial charge in [-0.15, -0.1) is 11.3 Å². The Morgan fingerprint density at radius 2 is 1.70 bits per heavy atom. The molecule has 1 aromatic carbocycles. The lowest BCUT2D eigenvalue weighted by Gasteiger charge is -2.07. The molecule has 0 spiro atoms. The predicted octanol–water partition coefficient (Wildman–Crippen LogP) is 2.67. The molecule has 0 aliphatic carbocycles. The Labute approximate surface area is 129 Å². The maximum atomic E-state index is 11.9. The van der Waals surface area contributed by atoms with E-state index in [2.05, 4.69) is 26.6 Å². The fourth-order valence-corrected chi connectivity index (χ4v) is 2.69. The van der Waals surface area contributed by atoms with Crippen LogP contribution in [0.4, 0.5) is 0 Å². The largest absolute Gasteiger partial charge is 0.350 e. The predicted molar refractivity (Wildman–Crippen MR) is 83.1 cm³/mol. The van der Waals surface area contributed by atoms with Gasteiger partial charge < -0.3 is 10.6 Å². The number of hydrogen-bond acceptors (Lipinski definition) is 3. The van der Waals surface area contributed by atoms with Crippen LogP contribution in [0.25, 0.3) is 0 Å². The van der Waals surface area contributed by atoms with Crippen molar-refractivity contribution in [1.29, 1.82) is 0 Å². The molecule has 0 atom stereocenters. The van der Waals surface area contributed by atoms with E-state index in [0.29, 0.717) is 23.5 Å². The monoisotopic (exact) mass is 352 g/mol. The minimum absolute atomic E-state index is 0.116. The smallest absolute Gasteiger partial charge is 0.261 e. The summed E-state index contributed by atoms with van der Waals surface area (Å²) in [6.45, 7) is 0.782. The maximum Gasteiger partial charge on any atom is 0.261 e. The van der Waals surface area contributed by atoms with E-state index in [9.17, 15) is 9.59 Å². The lowest BCUT2D eigenvalue weighted by atomic mass is 10.2. The molecule has 0 unspecified atom stereocenters. The van der Waals surface area contributed by atoms with Crippen LogP contribution >= 0.6 is 27.3 Å². The van der Waals surface area contributed by atoms with E-state index in [0.717, 1.165) is 4.47 Å². The van der Waals surface area contributed by atoms with Crippen LogP contribution in [-0.4, -0.2) is 24.9 Å². The van der Waals surface area contributed by atoms with Gasteiger partial charge in [-0.2, -0.15) is 0 Å². The van der Waals surface area contributed by atoms with Gasteiger partial charge in [0.15, 0.2) is 0 Å². The standard InChI is InChI=1S/C14H13BrN2O2S/c15-11-5-2-1-4-10(11)13(18)16-7-8-17-14(19)12-6-3-9-20-12/h1-6,9H,7-8H2,(H,16,18)(H,17,19). The first kappa shape index (κ1) is 14.7. The van der Waals surface area contributed by atoms with Gasteiger partial charge in [0.25, 0.3) is 11.8 Å². The van der Waals surface area contributed by atoms with Gasteiger partial charge in [-0.25, -0.2) is 0 Å². The summed E-state index contributed by atoms with van der Waals surface area (Å²) in [6.07, 6.45) is 0. The molecule has 2 N–H and O–H groups in total. The van der Waals surface area contributed by atoms with Crippen molar-refractivity contribution < 1.29 is 9.59 Å². The Morgan fingerprint density at radius 1 is 1.00 bits per heavy atom. The third kappa shape index (κ3) is 3.91. The Bertz CT molecular complexity index is 599. The maximum absolute atomic E-state index is 11.9. The van der Waals surface area contributed by atoms with Crippen molar-refractivity contribution in [3.8, 4) is 0 Å². The van der Waals surface area contributed by atoms with Crippen LogP contribution in [0.5, 0.6) is 0 Å². The molecule has 20 heavy (non-hydrogen) atoms. The molecule has 0 aliphatic heterocycles. The molecule has 0 aliphatic rings. The van der Waals surface area contributed by atoms with E-state index in [-0.39, 0.29) is 11.8 Å². The third-order valence-electron chi connectivity index (χ3n) is 2.56. The first-order valence-corrected chi connectivity index (χ1v) is 7.70. The lowest BCUT2D eigenvalue weighted by molar-refractivity contribution is 0.0929. The summed E-state index contributed by atoms with van der Waals surface area (Å²) in [7, 11) is 0. The molecule has 2 rings (SSSR count). The molecule has 4 nitrogen and oxygen atoms in total. The minimum atomic E-state index is -0.164. The highest BCUT2D eigenvalue weighted by Gasteiger charge is 2.09. The quantitative estimate of drug-likeness (QED) is 0.812. The average Bonchev–Trinajstić information content (AvgIpc) is 2.98. The van der Waals surface area contributed by atoms with Gasteiger partial charge >= 0.3 is 0 Å². The normalized spacial score (nSPS) is 10.1. The van der Waals surface area contributed by atoms with E-state index in [4.69, 9.17) is 0 Å². The summed E-state index contributed by atoms with van der Waals surface area (Å²) < 4.78 is 0.750. The van der Waals surface area contributed by atoms with Crippen LogP contribution in [-0.2, 0) is 0 Å². The van der Waals surface area contributed by atoms with Gasteiger partial charge in [0.2, 0.25) is 0 Å². The zero-order valence-electron chi connectivity index (χ0n) is 10.6. The van der Waals surface area contributed by atoms with Gasteiger partial charge in [0.1, 0.15) is 0 Å². The zero-order chi connectivity index (χ0) is 14.4. The molecular formula is C14H13BrN2O2S. The molecule has 2 aromatic rings. The summed E-state index contributed by atoms with van der Waals surface area (Å²) in [5, 5.41) is 7.36. The number of benzene rings is 1. The van der Waals surface area contributed by atoms with Crippen molar-refractivity contribution in [1.82, 2.24) is 10.6 Å². The molecule has 0 fully saturated rings. The number of carbonyl (C=O) groups is 2. The highest BCUT2D eigenvalue weighted by atomic mass is 79.9. The van der Waals surface area contributed by atoms with Crippen molar-refractivity contribution in [2.45, 2.75) is 0 Å². The average molecular weight is 353 g/mol. The van der Waals surface area contributed by atoms with Crippen molar-refractivity contribution in [2.24, 2.45) is 0 Å². The van der Waals surface area contributed by atoms with Crippen LogP contribution in [0.3, 0.4) is 0 Å². The molecule has 0 saturated carbocycles. The molecule has 6 heteroatoms. The van der Waals surface area contributed by atoms with Crippen LogP contribution in [0.1, 0.15) is 20.0 Å². The van der Waals surface area contributed by atoms with E-state index in [1.54, 1.807) is 18.2 Å². The van der Waals surface area contributed by atoms with Gasteiger partial charge in [-0.3, -0.25) is 9.59 Å². The number of nitrogens with one attached hydrogen (secondary N) is 2. The van der Waals surface area contributed by atoms with Crippen molar-refractivity contribution in [2.75, 3.05) is 13.1 Å². The second-order valence-corrected chi connectivity index (χ2v) is 5.77. The lowest BCUT2D eigenvalue weighted by Crippen LogP contribution is -2.34. The molecule has 2 amide bonds. The Hall–Kier alpha value is -1.66. The number of hydrogen-bond donors (Lipinski definition) is 2. The van der Waals surface area contributed by atoms with Crippen molar-refractivity contribution in [3.63, 3.8) is 0 Å². The van der Waals surface area contributed by atoms with Crippen LogP contribution < -0.4 is 10.6 Å². The zero-order valence-corrected chi connectivity index (χ0v) is 13.0. The van der Waals surface area contributed by atoms with E-state index >= 15 is 0 Å². The summed E-state index contributed by atoms with van der Waals surface area (Å²) in [5.41, 5.74) is 0.581. The summed E-state index contributed by atoms with van der Waals surface area (Å²) in [5.74, 6) is -0.280. The Morgan fingerprint density at radius 3 is 2.35 bits per heavy atom. The van der Waals surface area contributed by atoms with E-state index in [1.165, 1.54) is 11.3 Å². The van der Waals surface area contributed by atoms with Crippen LogP contribution in [0, 0.1) is 0 Å². The highest BCUT2D eigenvalue weighted by molar-refractivity contribution is 9.10. The minimum Gasteiger partial charge on any atom is -0.350 e. The van der Waals surface area contributed by atoms with Crippen LogP contribution in [0.2, 0.25) is 0 Å². The first-order chi connectivity index (χ1) is 9.68. The number of thiophene rings is 1. The Balaban J connectivity index is 1.75. The molecule has 0 bridgehead atoms. The number of halogens is 1. The number of rotatable bonds is 5. The summed E-state index contributed by atoms with van der Waals surface area (Å²) in [4.78, 5) is 24.2. The Kier molecular flexibility index (Phi) is 5.31. The first-order valence-electron chi connectivity index (χ1n) is 6.03. The van der Waals surface area contributed by atoms with Gasteiger partial charge in [0.05, 0.1) is 10.4 Å². The van der Waals surface area contributed by atoms with Gasteiger partial charge in [-0.1, -0.05) is 18.2 Å². The van der Waals surface area contributed by atoms with E-state index in [1.807, 2.05) is 23.6 Å². The topological polar surface area (TPSA) is 58.2 Å². The molecule has 1 aromatic heterocycles. The SMILES string of the molecule is O=C(NCCNC(=O)c1ccccc1Br)c1cccs1. The molecule has 1 heterocycles. The fraction of sp³-hybridized carbons (Fsp3) is 0.143. The molecule has 0 saturated heterocycles. The third-order valence-corrected chi connectivity index (χ3v) is 4.12. The van der Waals surface area contributed by atoms with Crippen molar-refractivity contribution in [3.05, 3.63) is 56.7 Å². The van der Waals surface area contributed by atoms with Gasteiger partial charge in [-0.05, 0) is 39.5 Å².